The van der Waals surface area contributed by atoms with Gasteiger partial charge in [-0.05, 0) is 26.7 Å². The van der Waals surface area contributed by atoms with E-state index in [0.717, 1.165) is 11.3 Å². The second-order valence-electron chi connectivity index (χ2n) is 6.44. The highest BCUT2D eigenvalue weighted by Gasteiger charge is 2.46. The van der Waals surface area contributed by atoms with Crippen molar-refractivity contribution in [2.75, 3.05) is 18.5 Å². The molecule has 1 saturated heterocycles. The van der Waals surface area contributed by atoms with Crippen LogP contribution < -0.4 is 5.32 Å². The summed E-state index contributed by atoms with van der Waals surface area (Å²) in [5, 5.41) is 2.90. The van der Waals surface area contributed by atoms with Crippen LogP contribution in [0.2, 0.25) is 0 Å². The maximum absolute atomic E-state index is 12.4. The average Bonchev–Trinajstić information content (AvgIpc) is 3.12. The summed E-state index contributed by atoms with van der Waals surface area (Å²) >= 11 is 1.04. The SMILES string of the molecule is CCOC(=O)c1sc(NC(=O)CCN2C(=O)[C@@H]3CC=CC[C@H]3C2=O)nc1C. The molecular formula is C18H21N3O5S. The van der Waals surface area contributed by atoms with Crippen LogP contribution in [0, 0.1) is 18.8 Å². The zero-order valence-corrected chi connectivity index (χ0v) is 16.0. The van der Waals surface area contributed by atoms with Crippen molar-refractivity contribution in [1.82, 2.24) is 9.88 Å². The third-order valence-corrected chi connectivity index (χ3v) is 5.72. The molecule has 2 atom stereocenters. The van der Waals surface area contributed by atoms with Crippen LogP contribution in [-0.4, -0.2) is 46.7 Å². The third-order valence-electron chi connectivity index (χ3n) is 4.67. The molecule has 3 rings (SSSR count). The van der Waals surface area contributed by atoms with Gasteiger partial charge in [0, 0.05) is 13.0 Å². The van der Waals surface area contributed by atoms with E-state index < -0.39 is 5.97 Å². The monoisotopic (exact) mass is 391 g/mol. The van der Waals surface area contributed by atoms with Crippen molar-refractivity contribution in [2.24, 2.45) is 11.8 Å². The zero-order valence-electron chi connectivity index (χ0n) is 15.2. The molecule has 2 heterocycles. The lowest BCUT2D eigenvalue weighted by atomic mass is 9.85. The van der Waals surface area contributed by atoms with Crippen LogP contribution in [0.4, 0.5) is 5.13 Å². The minimum atomic E-state index is -0.475. The molecule has 0 spiro atoms. The lowest BCUT2D eigenvalue weighted by Gasteiger charge is -2.14. The minimum absolute atomic E-state index is 0.0162. The molecule has 1 fully saturated rings. The highest BCUT2D eigenvalue weighted by molar-refractivity contribution is 7.17. The molecule has 0 saturated carbocycles. The third kappa shape index (κ3) is 3.92. The molecule has 2 aliphatic rings. The zero-order chi connectivity index (χ0) is 19.6. The van der Waals surface area contributed by atoms with Gasteiger partial charge in [-0.2, -0.15) is 0 Å². The van der Waals surface area contributed by atoms with Crippen molar-refractivity contribution >= 4 is 40.2 Å². The predicted octanol–water partition coefficient (Wildman–Crippen LogP) is 1.91. The van der Waals surface area contributed by atoms with Gasteiger partial charge in [-0.25, -0.2) is 9.78 Å². The summed E-state index contributed by atoms with van der Waals surface area (Å²) in [6, 6.07) is 0. The van der Waals surface area contributed by atoms with Crippen LogP contribution in [-0.2, 0) is 19.1 Å². The number of amides is 3. The molecule has 1 aromatic heterocycles. The van der Waals surface area contributed by atoms with E-state index in [0.29, 0.717) is 23.4 Å². The molecule has 1 aliphatic heterocycles. The number of nitrogens with one attached hydrogen (secondary N) is 1. The van der Waals surface area contributed by atoms with Crippen molar-refractivity contribution in [3.8, 4) is 0 Å². The Labute approximate surface area is 160 Å². The lowest BCUT2D eigenvalue weighted by Crippen LogP contribution is -2.34. The first-order valence-corrected chi connectivity index (χ1v) is 9.68. The Morgan fingerprint density at radius 2 is 1.89 bits per heavy atom. The second-order valence-corrected chi connectivity index (χ2v) is 7.44. The highest BCUT2D eigenvalue weighted by Crippen LogP contribution is 2.35. The number of nitrogens with zero attached hydrogens (tertiary/aromatic N) is 2. The summed E-state index contributed by atoms with van der Waals surface area (Å²) in [6.07, 6.45) is 4.99. The lowest BCUT2D eigenvalue weighted by molar-refractivity contribution is -0.140. The summed E-state index contributed by atoms with van der Waals surface area (Å²) in [5.41, 5.74) is 0.482. The van der Waals surface area contributed by atoms with Gasteiger partial charge in [0.05, 0.1) is 24.1 Å². The van der Waals surface area contributed by atoms with Gasteiger partial charge in [-0.3, -0.25) is 19.3 Å². The number of esters is 1. The number of ether oxygens (including phenoxy) is 1. The van der Waals surface area contributed by atoms with Gasteiger partial charge < -0.3 is 10.1 Å². The van der Waals surface area contributed by atoms with E-state index in [4.69, 9.17) is 4.74 Å². The average molecular weight is 391 g/mol. The summed E-state index contributed by atoms with van der Waals surface area (Å²) in [7, 11) is 0. The van der Waals surface area contributed by atoms with Gasteiger partial charge in [0.15, 0.2) is 5.13 Å². The first-order chi connectivity index (χ1) is 12.9. The predicted molar refractivity (Wildman–Crippen MR) is 98.1 cm³/mol. The normalized spacial score (nSPS) is 21.3. The maximum atomic E-state index is 12.4. The number of allylic oxidation sites excluding steroid dienone is 2. The topological polar surface area (TPSA) is 106 Å². The Morgan fingerprint density at radius 1 is 1.26 bits per heavy atom. The van der Waals surface area contributed by atoms with Crippen LogP contribution in [0.5, 0.6) is 0 Å². The van der Waals surface area contributed by atoms with Crippen LogP contribution in [0.3, 0.4) is 0 Å². The second kappa shape index (κ2) is 7.99. The molecule has 144 valence electrons. The largest absolute Gasteiger partial charge is 0.462 e. The molecular weight excluding hydrogens is 370 g/mol. The smallest absolute Gasteiger partial charge is 0.350 e. The standard InChI is InChI=1S/C18H21N3O5S/c1-3-26-17(25)14-10(2)19-18(27-14)20-13(22)8-9-21-15(23)11-6-4-5-7-12(11)16(21)24/h4-5,11-12H,3,6-9H2,1-2H3,(H,19,20,22)/t11-,12-/m1/s1. The molecule has 9 heteroatoms. The van der Waals surface area contributed by atoms with Crippen LogP contribution >= 0.6 is 11.3 Å². The number of aryl methyl sites for hydroxylation is 1. The fourth-order valence-corrected chi connectivity index (χ4v) is 4.20. The first-order valence-electron chi connectivity index (χ1n) is 8.87. The number of carbonyl (C=O) groups is 4. The fourth-order valence-electron chi connectivity index (χ4n) is 3.32. The molecule has 0 bridgehead atoms. The summed E-state index contributed by atoms with van der Waals surface area (Å²) in [6.45, 7) is 3.68. The van der Waals surface area contributed by atoms with Gasteiger partial charge in [0.2, 0.25) is 17.7 Å². The number of anilines is 1. The van der Waals surface area contributed by atoms with E-state index in [1.807, 2.05) is 12.2 Å². The quantitative estimate of drug-likeness (QED) is 0.451. The number of thiazole rings is 1. The molecule has 27 heavy (non-hydrogen) atoms. The van der Waals surface area contributed by atoms with E-state index >= 15 is 0 Å². The van der Waals surface area contributed by atoms with Crippen LogP contribution in [0.1, 0.15) is 41.6 Å². The Bertz CT molecular complexity index is 790. The van der Waals surface area contributed by atoms with Crippen LogP contribution in [0.25, 0.3) is 0 Å². The van der Waals surface area contributed by atoms with E-state index in [1.165, 1.54) is 4.90 Å². The Balaban J connectivity index is 1.56. The number of rotatable bonds is 6. The molecule has 0 radical (unpaired) electrons. The molecule has 1 aromatic rings. The maximum Gasteiger partial charge on any atom is 0.350 e. The van der Waals surface area contributed by atoms with Gasteiger partial charge in [0.25, 0.3) is 0 Å². The number of aromatic nitrogens is 1. The Hall–Kier alpha value is -2.55. The first kappa shape index (κ1) is 19.2. The number of imide groups is 1. The Morgan fingerprint density at radius 3 is 2.48 bits per heavy atom. The van der Waals surface area contributed by atoms with Gasteiger partial charge >= 0.3 is 5.97 Å². The van der Waals surface area contributed by atoms with Crippen molar-refractivity contribution in [3.05, 3.63) is 22.7 Å². The fraction of sp³-hybridized carbons (Fsp3) is 0.500. The number of hydrogen-bond donors (Lipinski definition) is 1. The Kier molecular flexibility index (Phi) is 5.69. The van der Waals surface area contributed by atoms with Gasteiger partial charge in [-0.1, -0.05) is 23.5 Å². The summed E-state index contributed by atoms with van der Waals surface area (Å²) in [4.78, 5) is 54.5. The molecule has 0 unspecified atom stereocenters. The number of carbonyl (C=O) groups excluding carboxylic acids is 4. The number of fused-ring (bicyclic) bond motifs is 1. The molecule has 8 nitrogen and oxygen atoms in total. The van der Waals surface area contributed by atoms with Gasteiger partial charge in [-0.15, -0.1) is 0 Å². The van der Waals surface area contributed by atoms with E-state index in [1.54, 1.807) is 13.8 Å². The van der Waals surface area contributed by atoms with E-state index in [2.05, 4.69) is 10.3 Å². The molecule has 0 aromatic carbocycles. The van der Waals surface area contributed by atoms with Crippen molar-refractivity contribution < 1.29 is 23.9 Å². The highest BCUT2D eigenvalue weighted by atomic mass is 32.1. The number of hydrogen-bond acceptors (Lipinski definition) is 7. The molecule has 3 amide bonds. The summed E-state index contributed by atoms with van der Waals surface area (Å²) in [5.74, 6) is -1.82. The van der Waals surface area contributed by atoms with Crippen molar-refractivity contribution in [1.29, 1.82) is 0 Å². The summed E-state index contributed by atoms with van der Waals surface area (Å²) < 4.78 is 4.94. The molecule has 1 N–H and O–H groups in total. The van der Waals surface area contributed by atoms with E-state index in [-0.39, 0.29) is 54.3 Å². The van der Waals surface area contributed by atoms with Crippen molar-refractivity contribution in [2.45, 2.75) is 33.1 Å². The molecule has 1 aliphatic carbocycles. The van der Waals surface area contributed by atoms with Gasteiger partial charge in [0.1, 0.15) is 4.88 Å². The van der Waals surface area contributed by atoms with E-state index in [9.17, 15) is 19.2 Å². The van der Waals surface area contributed by atoms with Crippen molar-refractivity contribution in [3.63, 3.8) is 0 Å². The minimum Gasteiger partial charge on any atom is -0.462 e. The number of likely N-dealkylation sites (tertiary alicyclic amines) is 1. The van der Waals surface area contributed by atoms with Crippen LogP contribution in [0.15, 0.2) is 12.2 Å².